The monoisotopic (exact) mass is 292 g/mol. The fourth-order valence-electron chi connectivity index (χ4n) is 2.44. The second-order valence-electron chi connectivity index (χ2n) is 5.29. The van der Waals surface area contributed by atoms with Gasteiger partial charge in [-0.1, -0.05) is 18.2 Å². The van der Waals surface area contributed by atoms with Crippen molar-refractivity contribution in [3.05, 3.63) is 29.8 Å². The molecule has 1 aromatic carbocycles. The molecule has 0 saturated carbocycles. The van der Waals surface area contributed by atoms with E-state index in [1.54, 1.807) is 7.11 Å². The van der Waals surface area contributed by atoms with E-state index >= 15 is 0 Å². The van der Waals surface area contributed by atoms with E-state index in [-0.39, 0.29) is 5.91 Å². The molecule has 2 rings (SSSR count). The van der Waals surface area contributed by atoms with Gasteiger partial charge in [-0.05, 0) is 25.1 Å². The Bertz CT molecular complexity index is 459. The summed E-state index contributed by atoms with van der Waals surface area (Å²) < 4.78 is 10.6. The van der Waals surface area contributed by atoms with Crippen LogP contribution in [0.4, 0.5) is 0 Å². The number of likely N-dealkylation sites (N-methyl/N-ethyl adjacent to an activating group) is 1. The topological polar surface area (TPSA) is 42.0 Å². The molecular formula is C16H24N2O3. The van der Waals surface area contributed by atoms with Crippen molar-refractivity contribution in [3.8, 4) is 5.75 Å². The van der Waals surface area contributed by atoms with Crippen LogP contribution in [0.15, 0.2) is 24.3 Å². The number of para-hydroxylation sites is 1. The molecule has 0 aromatic heterocycles. The second-order valence-corrected chi connectivity index (χ2v) is 5.29. The Morgan fingerprint density at radius 3 is 2.76 bits per heavy atom. The summed E-state index contributed by atoms with van der Waals surface area (Å²) in [5.74, 6) is 1.09. The molecule has 0 radical (unpaired) electrons. The van der Waals surface area contributed by atoms with E-state index < -0.39 is 0 Å². The minimum atomic E-state index is 0.181. The van der Waals surface area contributed by atoms with Crippen molar-refractivity contribution in [1.82, 2.24) is 9.80 Å². The van der Waals surface area contributed by atoms with Gasteiger partial charge in [0.05, 0.1) is 26.9 Å². The van der Waals surface area contributed by atoms with E-state index in [1.165, 1.54) is 5.56 Å². The third-order valence-corrected chi connectivity index (χ3v) is 3.72. The summed E-state index contributed by atoms with van der Waals surface area (Å²) in [6.07, 6.45) is 0.872. The molecule has 0 bridgehead atoms. The van der Waals surface area contributed by atoms with Gasteiger partial charge < -0.3 is 14.4 Å². The summed E-state index contributed by atoms with van der Waals surface area (Å²) in [6, 6.07) is 8.01. The van der Waals surface area contributed by atoms with Crippen LogP contribution in [-0.2, 0) is 16.0 Å². The number of morpholine rings is 1. The number of carbonyl (C=O) groups is 1. The van der Waals surface area contributed by atoms with Gasteiger partial charge in [-0.3, -0.25) is 9.69 Å². The molecule has 1 aromatic rings. The lowest BCUT2D eigenvalue weighted by Crippen LogP contribution is -2.45. The van der Waals surface area contributed by atoms with Crippen LogP contribution in [0.1, 0.15) is 5.56 Å². The van der Waals surface area contributed by atoms with Crippen molar-refractivity contribution in [2.45, 2.75) is 6.42 Å². The SMILES string of the molecule is COc1ccccc1CCN(C)CC(=O)N1CCOCC1. The maximum Gasteiger partial charge on any atom is 0.236 e. The van der Waals surface area contributed by atoms with Crippen LogP contribution in [0.25, 0.3) is 0 Å². The van der Waals surface area contributed by atoms with Crippen molar-refractivity contribution in [3.63, 3.8) is 0 Å². The van der Waals surface area contributed by atoms with Crippen molar-refractivity contribution >= 4 is 5.91 Å². The molecule has 5 heteroatoms. The van der Waals surface area contributed by atoms with Crippen LogP contribution in [0, 0.1) is 0 Å². The second kappa shape index (κ2) is 8.00. The number of nitrogens with zero attached hydrogens (tertiary/aromatic N) is 2. The number of hydrogen-bond acceptors (Lipinski definition) is 4. The quantitative estimate of drug-likeness (QED) is 0.785. The van der Waals surface area contributed by atoms with Crippen molar-refractivity contribution in [1.29, 1.82) is 0 Å². The Morgan fingerprint density at radius 1 is 1.33 bits per heavy atom. The molecule has 1 aliphatic rings. The molecule has 0 unspecified atom stereocenters. The van der Waals surface area contributed by atoms with Gasteiger partial charge in [0.2, 0.25) is 5.91 Å². The van der Waals surface area contributed by atoms with Crippen LogP contribution in [-0.4, -0.2) is 69.3 Å². The fourth-order valence-corrected chi connectivity index (χ4v) is 2.44. The van der Waals surface area contributed by atoms with Gasteiger partial charge in [-0.15, -0.1) is 0 Å². The van der Waals surface area contributed by atoms with Crippen LogP contribution in [0.5, 0.6) is 5.75 Å². The number of benzene rings is 1. The normalized spacial score (nSPS) is 15.3. The highest BCUT2D eigenvalue weighted by atomic mass is 16.5. The Balaban J connectivity index is 1.78. The van der Waals surface area contributed by atoms with Gasteiger partial charge in [0.1, 0.15) is 5.75 Å². The van der Waals surface area contributed by atoms with E-state index in [2.05, 4.69) is 11.0 Å². The number of ether oxygens (including phenoxy) is 2. The first-order valence-corrected chi connectivity index (χ1v) is 7.36. The van der Waals surface area contributed by atoms with E-state index in [1.807, 2.05) is 30.1 Å². The minimum absolute atomic E-state index is 0.181. The molecule has 0 N–H and O–H groups in total. The standard InChI is InChI=1S/C16H24N2O3/c1-17(13-16(19)18-9-11-21-12-10-18)8-7-14-5-3-4-6-15(14)20-2/h3-6H,7-13H2,1-2H3. The Kier molecular flexibility index (Phi) is 6.02. The zero-order valence-corrected chi connectivity index (χ0v) is 12.9. The summed E-state index contributed by atoms with van der Waals surface area (Å²) >= 11 is 0. The van der Waals surface area contributed by atoms with Crippen molar-refractivity contribution in [2.24, 2.45) is 0 Å². The lowest BCUT2D eigenvalue weighted by Gasteiger charge is -2.28. The van der Waals surface area contributed by atoms with E-state index in [9.17, 15) is 4.79 Å². The zero-order valence-electron chi connectivity index (χ0n) is 12.9. The molecule has 1 aliphatic heterocycles. The molecule has 5 nitrogen and oxygen atoms in total. The van der Waals surface area contributed by atoms with E-state index in [4.69, 9.17) is 9.47 Å². The van der Waals surface area contributed by atoms with E-state index in [0.29, 0.717) is 32.8 Å². The number of carbonyl (C=O) groups excluding carboxylic acids is 1. The van der Waals surface area contributed by atoms with Crippen LogP contribution in [0.3, 0.4) is 0 Å². The lowest BCUT2D eigenvalue weighted by molar-refractivity contribution is -0.136. The van der Waals surface area contributed by atoms with E-state index in [0.717, 1.165) is 18.7 Å². The first-order chi connectivity index (χ1) is 10.2. The molecule has 116 valence electrons. The number of methoxy groups -OCH3 is 1. The lowest BCUT2D eigenvalue weighted by atomic mass is 10.1. The summed E-state index contributed by atoms with van der Waals surface area (Å²) in [5.41, 5.74) is 1.17. The molecule has 1 saturated heterocycles. The van der Waals surface area contributed by atoms with Gasteiger partial charge in [-0.25, -0.2) is 0 Å². The molecule has 0 aliphatic carbocycles. The maximum atomic E-state index is 12.1. The Labute approximate surface area is 126 Å². The molecule has 21 heavy (non-hydrogen) atoms. The zero-order chi connectivity index (χ0) is 15.1. The van der Waals surface area contributed by atoms with Crippen LogP contribution in [0.2, 0.25) is 0 Å². The van der Waals surface area contributed by atoms with Crippen LogP contribution < -0.4 is 4.74 Å². The third-order valence-electron chi connectivity index (χ3n) is 3.72. The highest BCUT2D eigenvalue weighted by Gasteiger charge is 2.18. The number of rotatable bonds is 6. The highest BCUT2D eigenvalue weighted by Crippen LogP contribution is 2.17. The van der Waals surface area contributed by atoms with Gasteiger partial charge in [0, 0.05) is 19.6 Å². The highest BCUT2D eigenvalue weighted by molar-refractivity contribution is 5.78. The summed E-state index contributed by atoms with van der Waals surface area (Å²) in [7, 11) is 3.66. The number of amides is 1. The van der Waals surface area contributed by atoms with Crippen molar-refractivity contribution in [2.75, 3.05) is 53.6 Å². The summed E-state index contributed by atoms with van der Waals surface area (Å²) in [4.78, 5) is 16.1. The molecular weight excluding hydrogens is 268 g/mol. The van der Waals surface area contributed by atoms with Gasteiger partial charge >= 0.3 is 0 Å². The molecule has 0 atom stereocenters. The number of hydrogen-bond donors (Lipinski definition) is 0. The molecule has 1 fully saturated rings. The Morgan fingerprint density at radius 2 is 2.05 bits per heavy atom. The first-order valence-electron chi connectivity index (χ1n) is 7.36. The predicted molar refractivity (Wildman–Crippen MR) is 81.6 cm³/mol. The third kappa shape index (κ3) is 4.72. The average molecular weight is 292 g/mol. The fraction of sp³-hybridized carbons (Fsp3) is 0.562. The average Bonchev–Trinajstić information content (AvgIpc) is 2.54. The first kappa shape index (κ1) is 15.8. The van der Waals surface area contributed by atoms with Crippen LogP contribution >= 0.6 is 0 Å². The summed E-state index contributed by atoms with van der Waals surface area (Å²) in [6.45, 7) is 4.00. The smallest absolute Gasteiger partial charge is 0.236 e. The van der Waals surface area contributed by atoms with Gasteiger partial charge in [-0.2, -0.15) is 0 Å². The summed E-state index contributed by atoms with van der Waals surface area (Å²) in [5, 5.41) is 0. The molecule has 1 heterocycles. The molecule has 1 amide bonds. The molecule has 0 spiro atoms. The van der Waals surface area contributed by atoms with Crippen molar-refractivity contribution < 1.29 is 14.3 Å². The minimum Gasteiger partial charge on any atom is -0.496 e. The largest absolute Gasteiger partial charge is 0.496 e. The predicted octanol–water partition coefficient (Wildman–Crippen LogP) is 1.03. The maximum absolute atomic E-state index is 12.1. The Hall–Kier alpha value is -1.59. The van der Waals surface area contributed by atoms with Gasteiger partial charge in [0.15, 0.2) is 0 Å². The van der Waals surface area contributed by atoms with Gasteiger partial charge in [0.25, 0.3) is 0 Å².